The van der Waals surface area contributed by atoms with Crippen LogP contribution in [0.3, 0.4) is 0 Å². The summed E-state index contributed by atoms with van der Waals surface area (Å²) in [5, 5.41) is 0. The van der Waals surface area contributed by atoms with Crippen molar-refractivity contribution in [3.8, 4) is 0 Å². The Balaban J connectivity index is 2.32. The van der Waals surface area contributed by atoms with Crippen LogP contribution in [0.25, 0.3) is 0 Å². The molecule has 0 aromatic rings. The van der Waals surface area contributed by atoms with Crippen molar-refractivity contribution in [2.75, 3.05) is 0 Å². The number of nitrogens with zero attached hydrogens (tertiary/aromatic N) is 1. The summed E-state index contributed by atoms with van der Waals surface area (Å²) in [5.74, 6) is 0. The summed E-state index contributed by atoms with van der Waals surface area (Å²) in [6, 6.07) is 0. The lowest BCUT2D eigenvalue weighted by Crippen LogP contribution is -1.67. The molecular weight excluding hydrogens is 179 g/mol. The van der Waals surface area contributed by atoms with Gasteiger partial charge in [-0.25, -0.2) is 0 Å². The maximum Gasteiger partial charge on any atom is 0.0987 e. The van der Waals surface area contributed by atoms with Crippen molar-refractivity contribution in [1.82, 2.24) is 3.56 Å². The van der Waals surface area contributed by atoms with Crippen LogP contribution in [0, 0.1) is 0 Å². The van der Waals surface area contributed by atoms with Crippen LogP contribution in [0.2, 0.25) is 0 Å². The summed E-state index contributed by atoms with van der Waals surface area (Å²) < 4.78 is 19.3. The van der Waals surface area contributed by atoms with E-state index in [0.717, 1.165) is 22.9 Å². The minimum Gasteiger partial charge on any atom is -0.0903 e. The largest absolute Gasteiger partial charge is 0.0987 e. The van der Waals surface area contributed by atoms with E-state index >= 15 is 0 Å². The third-order valence-electron chi connectivity index (χ3n) is 0. The number of hydrogen-bond acceptors (Lipinski definition) is 1. The molecule has 4 heteroatoms. The Hall–Kier alpha value is 0.550. The monoisotopic (exact) mass is 179 g/mol. The first-order valence-electron chi connectivity index (χ1n) is 0.507. The Morgan fingerprint density at radius 1 is 1.50 bits per heavy atom. The first-order valence-corrected chi connectivity index (χ1v) is 1.47. The zero-order valence-corrected chi connectivity index (χ0v) is 3.74. The Kier molecular flexibility index (Phi) is 2.08. The van der Waals surface area contributed by atoms with Gasteiger partial charge in [0.2, 0.25) is 0 Å². The Labute approximate surface area is 36.0 Å². The first-order chi connectivity index (χ1) is 1.73. The minimum atomic E-state index is -1.03. The zero-order valence-electron chi connectivity index (χ0n) is 1.58. The Bertz CT molecular complexity index is 10.8. The SMILES string of the molecule is FN(F)I. The number of rotatable bonds is 0. The number of halogens is 3. The summed E-state index contributed by atoms with van der Waals surface area (Å²) in [6.07, 6.45) is 0. The Morgan fingerprint density at radius 3 is 1.50 bits per heavy atom. The minimum absolute atomic E-state index is 0.843. The van der Waals surface area contributed by atoms with Gasteiger partial charge >= 0.3 is 0 Å². The van der Waals surface area contributed by atoms with Crippen molar-refractivity contribution in [1.29, 1.82) is 0 Å². The highest BCUT2D eigenvalue weighted by Gasteiger charge is 1.76. The molecule has 26 valence electrons. The molecule has 0 aliphatic carbocycles. The highest BCUT2D eigenvalue weighted by atomic mass is 127. The van der Waals surface area contributed by atoms with Crippen molar-refractivity contribution in [3.63, 3.8) is 0 Å². The Morgan fingerprint density at radius 2 is 1.50 bits per heavy atom. The van der Waals surface area contributed by atoms with Crippen LogP contribution in [0.15, 0.2) is 0 Å². The third-order valence-corrected chi connectivity index (χ3v) is 0. The molecule has 0 aromatic carbocycles. The van der Waals surface area contributed by atoms with Crippen LogP contribution in [-0.4, -0.2) is 3.56 Å². The fourth-order valence-corrected chi connectivity index (χ4v) is 0. The topological polar surface area (TPSA) is 3.24 Å². The molecule has 0 aromatic heterocycles. The van der Waals surface area contributed by atoms with Crippen LogP contribution >= 0.6 is 22.9 Å². The molecule has 1 nitrogen and oxygen atoms in total. The van der Waals surface area contributed by atoms with E-state index < -0.39 is 3.56 Å². The molecule has 0 bridgehead atoms. The molecule has 0 heterocycles. The van der Waals surface area contributed by atoms with Gasteiger partial charge in [0.25, 0.3) is 0 Å². The summed E-state index contributed by atoms with van der Waals surface area (Å²) in [7, 11) is 0. The van der Waals surface area contributed by atoms with Gasteiger partial charge in [-0.3, -0.25) is 0 Å². The van der Waals surface area contributed by atoms with Gasteiger partial charge in [0, 0.05) is 0 Å². The summed E-state index contributed by atoms with van der Waals surface area (Å²) in [4.78, 5) is 0. The fourth-order valence-electron chi connectivity index (χ4n) is 0. The molecule has 0 saturated carbocycles. The summed E-state index contributed by atoms with van der Waals surface area (Å²) >= 11 is 0.843. The molecule has 0 unspecified atom stereocenters. The fraction of sp³-hybridized carbons (Fsp3) is 0. The average molecular weight is 179 g/mol. The summed E-state index contributed by atoms with van der Waals surface area (Å²) in [5.41, 5.74) is 0. The number of hydrogen-bond donors (Lipinski definition) is 0. The second-order valence-electron chi connectivity index (χ2n) is 0.192. The van der Waals surface area contributed by atoms with Gasteiger partial charge in [-0.05, 0) is 0 Å². The van der Waals surface area contributed by atoms with E-state index in [0.29, 0.717) is 0 Å². The van der Waals surface area contributed by atoms with E-state index in [4.69, 9.17) is 0 Å². The highest BCUT2D eigenvalue weighted by molar-refractivity contribution is 14.1. The van der Waals surface area contributed by atoms with Crippen LogP contribution in [0.5, 0.6) is 0 Å². The van der Waals surface area contributed by atoms with Gasteiger partial charge in [0.1, 0.15) is 0 Å². The molecule has 4 heavy (non-hydrogen) atoms. The van der Waals surface area contributed by atoms with E-state index in [1.807, 2.05) is 0 Å². The van der Waals surface area contributed by atoms with Gasteiger partial charge in [0.05, 0.1) is 26.4 Å². The molecule has 0 spiro atoms. The lowest BCUT2D eigenvalue weighted by molar-refractivity contribution is -0.0136. The van der Waals surface area contributed by atoms with Crippen LogP contribution in [-0.2, 0) is 0 Å². The predicted molar refractivity (Wildman–Crippen MR) is 18.1 cm³/mol. The summed E-state index contributed by atoms with van der Waals surface area (Å²) in [6.45, 7) is 0. The van der Waals surface area contributed by atoms with E-state index in [2.05, 4.69) is 0 Å². The van der Waals surface area contributed by atoms with Crippen molar-refractivity contribution in [2.24, 2.45) is 0 Å². The lowest BCUT2D eigenvalue weighted by Gasteiger charge is -1.71. The molecule has 0 aliphatic heterocycles. The molecule has 0 radical (unpaired) electrons. The molecule has 0 aliphatic rings. The van der Waals surface area contributed by atoms with Gasteiger partial charge in [-0.2, -0.15) is 0 Å². The quantitative estimate of drug-likeness (QED) is 0.401. The van der Waals surface area contributed by atoms with Crippen molar-refractivity contribution >= 4 is 22.9 Å². The van der Waals surface area contributed by atoms with Crippen molar-refractivity contribution in [3.05, 3.63) is 0 Å². The van der Waals surface area contributed by atoms with Gasteiger partial charge in [-0.15, -0.1) is 0 Å². The zero-order chi connectivity index (χ0) is 3.58. The van der Waals surface area contributed by atoms with Gasteiger partial charge < -0.3 is 0 Å². The maximum absolute atomic E-state index is 10.2. The van der Waals surface area contributed by atoms with E-state index in [1.165, 1.54) is 0 Å². The second-order valence-corrected chi connectivity index (χ2v) is 0.921. The van der Waals surface area contributed by atoms with Crippen LogP contribution in [0.4, 0.5) is 8.96 Å². The second kappa shape index (κ2) is 1.83. The van der Waals surface area contributed by atoms with Gasteiger partial charge in [0.15, 0.2) is 0 Å². The maximum atomic E-state index is 10.2. The van der Waals surface area contributed by atoms with Gasteiger partial charge in [-0.1, -0.05) is 8.96 Å². The highest BCUT2D eigenvalue weighted by Crippen LogP contribution is 1.94. The standard InChI is InChI=1S/F2IN/c1-4(2)3. The van der Waals surface area contributed by atoms with E-state index in [1.54, 1.807) is 0 Å². The van der Waals surface area contributed by atoms with Crippen LogP contribution in [0.1, 0.15) is 0 Å². The molecule has 0 fully saturated rings. The predicted octanol–water partition coefficient (Wildman–Crippen LogP) is 1.41. The lowest BCUT2D eigenvalue weighted by atomic mass is 13.6. The van der Waals surface area contributed by atoms with Crippen molar-refractivity contribution < 1.29 is 8.96 Å². The van der Waals surface area contributed by atoms with E-state index in [-0.39, 0.29) is 0 Å². The molecule has 0 atom stereocenters. The smallest absolute Gasteiger partial charge is 0.0903 e. The molecular formula is F2IN. The van der Waals surface area contributed by atoms with E-state index in [9.17, 15) is 8.96 Å². The van der Waals surface area contributed by atoms with Crippen LogP contribution < -0.4 is 0 Å². The third kappa shape index (κ3) is 20.3. The molecule has 0 N–H and O–H groups in total. The molecule has 0 saturated heterocycles. The molecule has 0 rings (SSSR count). The average Bonchev–Trinajstić information content (AvgIpc) is 0.811. The normalized spacial score (nSPS) is 9.00. The first kappa shape index (κ1) is 4.55. The molecule has 0 amide bonds. The van der Waals surface area contributed by atoms with Crippen molar-refractivity contribution in [2.45, 2.75) is 0 Å².